The van der Waals surface area contributed by atoms with Crippen molar-refractivity contribution in [3.05, 3.63) is 0 Å². The molecule has 0 aromatic rings. The minimum absolute atomic E-state index is 0.307. The summed E-state index contributed by atoms with van der Waals surface area (Å²) in [6.07, 6.45) is 0.613. The highest BCUT2D eigenvalue weighted by Gasteiger charge is 2.26. The maximum atomic E-state index is 5.59. The van der Waals surface area contributed by atoms with Gasteiger partial charge in [-0.1, -0.05) is 21.6 Å². The Morgan fingerprint density at radius 2 is 1.42 bits per heavy atom. The Kier molecular flexibility index (Phi) is 5.47. The SMILES string of the molecule is CCOC1CSSCC1OCC. The molecule has 0 N–H and O–H groups in total. The average Bonchev–Trinajstić information content (AvgIpc) is 2.09. The Morgan fingerprint density at radius 1 is 1.00 bits per heavy atom. The number of ether oxygens (including phenoxy) is 2. The molecular weight excluding hydrogens is 192 g/mol. The smallest absolute Gasteiger partial charge is 0.0943 e. The van der Waals surface area contributed by atoms with Crippen molar-refractivity contribution in [3.63, 3.8) is 0 Å². The van der Waals surface area contributed by atoms with Gasteiger partial charge in [-0.2, -0.15) is 0 Å². The highest BCUT2D eigenvalue weighted by atomic mass is 33.1. The van der Waals surface area contributed by atoms with Crippen LogP contribution in [-0.4, -0.2) is 36.9 Å². The van der Waals surface area contributed by atoms with Crippen molar-refractivity contribution in [2.75, 3.05) is 24.7 Å². The molecule has 1 rings (SSSR count). The summed E-state index contributed by atoms with van der Waals surface area (Å²) in [5.74, 6) is 2.12. The Hall–Kier alpha value is 0.620. The first-order chi connectivity index (χ1) is 5.88. The van der Waals surface area contributed by atoms with Crippen molar-refractivity contribution in [2.45, 2.75) is 26.1 Å². The number of hydrogen-bond donors (Lipinski definition) is 0. The van der Waals surface area contributed by atoms with Crippen LogP contribution >= 0.6 is 21.6 Å². The normalized spacial score (nSPS) is 30.5. The largest absolute Gasteiger partial charge is 0.375 e. The summed E-state index contributed by atoms with van der Waals surface area (Å²) < 4.78 is 11.2. The van der Waals surface area contributed by atoms with Crippen LogP contribution in [0, 0.1) is 0 Å². The van der Waals surface area contributed by atoms with E-state index >= 15 is 0 Å². The van der Waals surface area contributed by atoms with E-state index in [4.69, 9.17) is 9.47 Å². The average molecular weight is 208 g/mol. The van der Waals surface area contributed by atoms with Crippen LogP contribution in [-0.2, 0) is 9.47 Å². The fourth-order valence-corrected chi connectivity index (χ4v) is 3.65. The van der Waals surface area contributed by atoms with Crippen LogP contribution < -0.4 is 0 Å². The molecule has 2 unspecified atom stereocenters. The monoisotopic (exact) mass is 208 g/mol. The second-order valence-corrected chi connectivity index (χ2v) is 5.11. The van der Waals surface area contributed by atoms with Crippen molar-refractivity contribution in [2.24, 2.45) is 0 Å². The Labute approximate surface area is 82.2 Å². The van der Waals surface area contributed by atoms with Gasteiger partial charge in [-0.25, -0.2) is 0 Å². The van der Waals surface area contributed by atoms with E-state index in [9.17, 15) is 0 Å². The third kappa shape index (κ3) is 3.17. The molecule has 0 bridgehead atoms. The molecule has 1 fully saturated rings. The summed E-state index contributed by atoms with van der Waals surface area (Å²) in [5, 5.41) is 0. The minimum Gasteiger partial charge on any atom is -0.375 e. The van der Waals surface area contributed by atoms with Crippen LogP contribution in [0.25, 0.3) is 0 Å². The molecule has 2 nitrogen and oxygen atoms in total. The molecule has 0 spiro atoms. The van der Waals surface area contributed by atoms with E-state index in [0.717, 1.165) is 24.7 Å². The first-order valence-corrected chi connectivity index (χ1v) is 6.84. The van der Waals surface area contributed by atoms with Crippen LogP contribution in [0.2, 0.25) is 0 Å². The molecule has 0 aliphatic carbocycles. The topological polar surface area (TPSA) is 18.5 Å². The lowest BCUT2D eigenvalue weighted by molar-refractivity contribution is -0.0446. The van der Waals surface area contributed by atoms with E-state index in [0.29, 0.717) is 12.2 Å². The first kappa shape index (κ1) is 10.7. The second kappa shape index (κ2) is 6.13. The molecule has 0 amide bonds. The predicted octanol–water partition coefficient (Wildman–Crippen LogP) is 2.19. The first-order valence-electron chi connectivity index (χ1n) is 4.36. The molecule has 1 aliphatic heterocycles. The molecule has 1 aliphatic rings. The van der Waals surface area contributed by atoms with Crippen molar-refractivity contribution in [3.8, 4) is 0 Å². The standard InChI is InChI=1S/C8H16O2S2/c1-3-9-7-5-11-12-6-8(7)10-4-2/h7-8H,3-6H2,1-2H3. The lowest BCUT2D eigenvalue weighted by Crippen LogP contribution is -2.37. The molecule has 1 heterocycles. The minimum atomic E-state index is 0.307. The van der Waals surface area contributed by atoms with E-state index in [1.165, 1.54) is 0 Å². The lowest BCUT2D eigenvalue weighted by atomic mass is 10.2. The molecule has 0 aromatic heterocycles. The van der Waals surface area contributed by atoms with Gasteiger partial charge < -0.3 is 9.47 Å². The number of hydrogen-bond acceptors (Lipinski definition) is 4. The van der Waals surface area contributed by atoms with E-state index in [1.807, 2.05) is 35.4 Å². The van der Waals surface area contributed by atoms with E-state index in [2.05, 4.69) is 0 Å². The predicted molar refractivity (Wildman–Crippen MR) is 55.7 cm³/mol. The van der Waals surface area contributed by atoms with Gasteiger partial charge in [0, 0.05) is 24.7 Å². The van der Waals surface area contributed by atoms with Gasteiger partial charge in [0.05, 0.1) is 12.2 Å². The third-order valence-corrected chi connectivity index (χ3v) is 4.14. The van der Waals surface area contributed by atoms with E-state index in [1.54, 1.807) is 0 Å². The van der Waals surface area contributed by atoms with Gasteiger partial charge in [0.25, 0.3) is 0 Å². The number of rotatable bonds is 4. The summed E-state index contributed by atoms with van der Waals surface area (Å²) >= 11 is 0. The van der Waals surface area contributed by atoms with Crippen LogP contribution in [0.4, 0.5) is 0 Å². The summed E-state index contributed by atoms with van der Waals surface area (Å²) in [6, 6.07) is 0. The Morgan fingerprint density at radius 3 is 1.75 bits per heavy atom. The van der Waals surface area contributed by atoms with E-state index in [-0.39, 0.29) is 0 Å². The van der Waals surface area contributed by atoms with Crippen molar-refractivity contribution in [1.82, 2.24) is 0 Å². The summed E-state index contributed by atoms with van der Waals surface area (Å²) in [5.41, 5.74) is 0. The zero-order chi connectivity index (χ0) is 8.81. The van der Waals surface area contributed by atoms with Crippen LogP contribution in [0.15, 0.2) is 0 Å². The fraction of sp³-hybridized carbons (Fsp3) is 1.00. The highest BCUT2D eigenvalue weighted by molar-refractivity contribution is 8.76. The highest BCUT2D eigenvalue weighted by Crippen LogP contribution is 2.32. The molecule has 0 radical (unpaired) electrons. The van der Waals surface area contributed by atoms with Crippen LogP contribution in [0.1, 0.15) is 13.8 Å². The van der Waals surface area contributed by atoms with Gasteiger partial charge in [-0.3, -0.25) is 0 Å². The molecule has 0 aromatic carbocycles. The van der Waals surface area contributed by atoms with Gasteiger partial charge >= 0.3 is 0 Å². The van der Waals surface area contributed by atoms with Gasteiger partial charge in [0.2, 0.25) is 0 Å². The van der Waals surface area contributed by atoms with Crippen LogP contribution in [0.3, 0.4) is 0 Å². The molecule has 72 valence electrons. The summed E-state index contributed by atoms with van der Waals surface area (Å²) in [4.78, 5) is 0. The zero-order valence-corrected chi connectivity index (χ0v) is 9.25. The maximum absolute atomic E-state index is 5.59. The van der Waals surface area contributed by atoms with Gasteiger partial charge in [0.1, 0.15) is 0 Å². The molecule has 0 saturated carbocycles. The van der Waals surface area contributed by atoms with Gasteiger partial charge in [-0.05, 0) is 13.8 Å². The molecule has 1 saturated heterocycles. The lowest BCUT2D eigenvalue weighted by Gasteiger charge is -2.29. The van der Waals surface area contributed by atoms with Crippen molar-refractivity contribution >= 4 is 21.6 Å². The van der Waals surface area contributed by atoms with Crippen molar-refractivity contribution < 1.29 is 9.47 Å². The summed E-state index contributed by atoms with van der Waals surface area (Å²) in [7, 11) is 3.77. The van der Waals surface area contributed by atoms with Crippen molar-refractivity contribution in [1.29, 1.82) is 0 Å². The third-order valence-electron chi connectivity index (χ3n) is 1.72. The van der Waals surface area contributed by atoms with Gasteiger partial charge in [-0.15, -0.1) is 0 Å². The molecular formula is C8H16O2S2. The van der Waals surface area contributed by atoms with Crippen LogP contribution in [0.5, 0.6) is 0 Å². The Bertz CT molecular complexity index is 104. The Balaban J connectivity index is 2.31. The quantitative estimate of drug-likeness (QED) is 0.659. The molecule has 2 atom stereocenters. The molecule has 12 heavy (non-hydrogen) atoms. The van der Waals surface area contributed by atoms with E-state index < -0.39 is 0 Å². The maximum Gasteiger partial charge on any atom is 0.0943 e. The second-order valence-electron chi connectivity index (χ2n) is 2.56. The summed E-state index contributed by atoms with van der Waals surface area (Å²) in [6.45, 7) is 5.66. The fourth-order valence-electron chi connectivity index (χ4n) is 1.18. The zero-order valence-electron chi connectivity index (χ0n) is 7.62. The van der Waals surface area contributed by atoms with Gasteiger partial charge in [0.15, 0.2) is 0 Å². The molecule has 4 heteroatoms.